The van der Waals surface area contributed by atoms with Gasteiger partial charge in [0.05, 0.1) is 5.69 Å². The zero-order valence-corrected chi connectivity index (χ0v) is 20.3. The lowest BCUT2D eigenvalue weighted by Gasteiger charge is -2.29. The summed E-state index contributed by atoms with van der Waals surface area (Å²) in [5, 5.41) is 2.68. The lowest BCUT2D eigenvalue weighted by molar-refractivity contribution is -0.122. The molecule has 1 aliphatic rings. The van der Waals surface area contributed by atoms with Gasteiger partial charge in [-0.2, -0.15) is 0 Å². The Morgan fingerprint density at radius 1 is 0.939 bits per heavy atom. The summed E-state index contributed by atoms with van der Waals surface area (Å²) in [4.78, 5) is 27.0. The minimum absolute atomic E-state index is 0.0201. The first-order valence-electron chi connectivity index (χ1n) is 10.4. The molecule has 1 aliphatic heterocycles. The molecule has 7 heteroatoms. The zero-order valence-electron chi connectivity index (χ0n) is 17.9. The Kier molecular flexibility index (Phi) is 7.01. The predicted molar refractivity (Wildman–Crippen MR) is 137 cm³/mol. The summed E-state index contributed by atoms with van der Waals surface area (Å²) in [5.41, 5.74) is 3.54. The summed E-state index contributed by atoms with van der Waals surface area (Å²) < 4.78 is 6.84. The first-order valence-corrected chi connectivity index (χ1v) is 11.6. The fourth-order valence-electron chi connectivity index (χ4n) is 3.35. The number of amides is 2. The number of nitrogens with zero attached hydrogens (tertiary/aromatic N) is 1. The number of rotatable bonds is 6. The van der Waals surface area contributed by atoms with Crippen LogP contribution in [0.15, 0.2) is 82.8 Å². The summed E-state index contributed by atoms with van der Waals surface area (Å²) in [6, 6.07) is 22.7. The molecule has 0 atom stereocenters. The van der Waals surface area contributed by atoms with Crippen molar-refractivity contribution in [3.05, 3.63) is 99.5 Å². The maximum absolute atomic E-state index is 13.1. The topological polar surface area (TPSA) is 58.6 Å². The minimum atomic E-state index is -0.512. The van der Waals surface area contributed by atoms with E-state index in [1.54, 1.807) is 18.2 Å². The molecule has 1 saturated heterocycles. The molecule has 4 rings (SSSR count). The summed E-state index contributed by atoms with van der Waals surface area (Å²) in [6.07, 6.45) is 2.45. The van der Waals surface area contributed by atoms with Crippen molar-refractivity contribution in [1.82, 2.24) is 5.32 Å². The van der Waals surface area contributed by atoms with Crippen LogP contribution in [0.1, 0.15) is 23.6 Å². The van der Waals surface area contributed by atoms with E-state index >= 15 is 0 Å². The summed E-state index contributed by atoms with van der Waals surface area (Å²) in [7, 11) is 0. The van der Waals surface area contributed by atoms with Crippen molar-refractivity contribution >= 4 is 56.8 Å². The first-order chi connectivity index (χ1) is 15.9. The number of hydrogen-bond donors (Lipinski definition) is 1. The van der Waals surface area contributed by atoms with Crippen LogP contribution >= 0.6 is 28.1 Å². The van der Waals surface area contributed by atoms with Crippen LogP contribution in [-0.2, 0) is 22.6 Å². The average molecular weight is 521 g/mol. The third kappa shape index (κ3) is 5.38. The van der Waals surface area contributed by atoms with Gasteiger partial charge in [-0.25, -0.2) is 0 Å². The SMILES string of the molecule is CCc1ccc(N2C(=O)/C(=C/c3ccc(OCc4ccc(Br)cc4)cc3)C(=O)NC2=S)cc1. The number of hydrogen-bond acceptors (Lipinski definition) is 4. The van der Waals surface area contributed by atoms with Crippen LogP contribution in [0, 0.1) is 0 Å². The molecule has 166 valence electrons. The Morgan fingerprint density at radius 2 is 1.58 bits per heavy atom. The van der Waals surface area contributed by atoms with Crippen LogP contribution < -0.4 is 15.0 Å². The Labute approximate surface area is 206 Å². The number of thiocarbonyl (C=S) groups is 1. The standard InChI is InChI=1S/C26H21BrN2O3S/c1-2-17-5-11-21(12-6-17)29-25(31)23(24(30)28-26(29)33)15-18-7-13-22(14-8-18)32-16-19-3-9-20(27)10-4-19/h3-15H,2,16H2,1H3,(H,28,30,33)/b23-15+. The van der Waals surface area contributed by atoms with E-state index in [0.29, 0.717) is 23.6 Å². The maximum Gasteiger partial charge on any atom is 0.270 e. The minimum Gasteiger partial charge on any atom is -0.489 e. The largest absolute Gasteiger partial charge is 0.489 e. The number of carbonyl (C=O) groups is 2. The molecule has 0 bridgehead atoms. The monoisotopic (exact) mass is 520 g/mol. The Morgan fingerprint density at radius 3 is 2.21 bits per heavy atom. The van der Waals surface area contributed by atoms with Gasteiger partial charge >= 0.3 is 0 Å². The highest BCUT2D eigenvalue weighted by atomic mass is 79.9. The number of halogens is 1. The van der Waals surface area contributed by atoms with Gasteiger partial charge in [-0.1, -0.05) is 59.3 Å². The number of benzene rings is 3. The van der Waals surface area contributed by atoms with Crippen LogP contribution in [0.5, 0.6) is 5.75 Å². The quantitative estimate of drug-likeness (QED) is 0.267. The van der Waals surface area contributed by atoms with Crippen molar-refractivity contribution in [3.8, 4) is 5.75 Å². The molecule has 5 nitrogen and oxygen atoms in total. The molecule has 0 aliphatic carbocycles. The van der Waals surface area contributed by atoms with Crippen molar-refractivity contribution in [1.29, 1.82) is 0 Å². The molecule has 3 aromatic rings. The van der Waals surface area contributed by atoms with Gasteiger partial charge < -0.3 is 4.74 Å². The van der Waals surface area contributed by atoms with Crippen molar-refractivity contribution in [3.63, 3.8) is 0 Å². The molecule has 3 aromatic carbocycles. The summed E-state index contributed by atoms with van der Waals surface area (Å²) in [5.74, 6) is -0.274. The normalized spacial score (nSPS) is 15.0. The molecule has 33 heavy (non-hydrogen) atoms. The molecule has 2 amide bonds. The molecule has 1 N–H and O–H groups in total. The smallest absolute Gasteiger partial charge is 0.270 e. The maximum atomic E-state index is 13.1. The summed E-state index contributed by atoms with van der Waals surface area (Å²) in [6.45, 7) is 2.50. The van der Waals surface area contributed by atoms with Crippen molar-refractivity contribution in [2.45, 2.75) is 20.0 Å². The Hall–Kier alpha value is -3.29. The number of ether oxygens (including phenoxy) is 1. The third-order valence-corrected chi connectivity index (χ3v) is 6.03. The Balaban J connectivity index is 1.50. The van der Waals surface area contributed by atoms with E-state index in [1.807, 2.05) is 60.7 Å². The molecular formula is C26H21BrN2O3S. The van der Waals surface area contributed by atoms with Crippen LogP contribution in [0.4, 0.5) is 5.69 Å². The predicted octanol–water partition coefficient (Wildman–Crippen LogP) is 5.42. The van der Waals surface area contributed by atoms with Gasteiger partial charge in [0.1, 0.15) is 17.9 Å². The van der Waals surface area contributed by atoms with Crippen molar-refractivity contribution in [2.75, 3.05) is 4.90 Å². The molecule has 0 saturated carbocycles. The second-order valence-corrected chi connectivity index (χ2v) is 8.76. The summed E-state index contributed by atoms with van der Waals surface area (Å²) >= 11 is 8.68. The third-order valence-electron chi connectivity index (χ3n) is 5.21. The lowest BCUT2D eigenvalue weighted by Crippen LogP contribution is -2.54. The van der Waals surface area contributed by atoms with E-state index in [-0.39, 0.29) is 10.7 Å². The van der Waals surface area contributed by atoms with Gasteiger partial charge in [0.2, 0.25) is 0 Å². The van der Waals surface area contributed by atoms with Crippen molar-refractivity contribution in [2.24, 2.45) is 0 Å². The molecule has 0 aromatic heterocycles. The zero-order chi connectivity index (χ0) is 23.4. The lowest BCUT2D eigenvalue weighted by atomic mass is 10.1. The molecule has 0 radical (unpaired) electrons. The number of aryl methyl sites for hydroxylation is 1. The fourth-order valence-corrected chi connectivity index (χ4v) is 3.89. The van der Waals surface area contributed by atoms with E-state index in [2.05, 4.69) is 28.2 Å². The van der Waals surface area contributed by atoms with Gasteiger partial charge in [0, 0.05) is 4.47 Å². The van der Waals surface area contributed by atoms with E-state index in [1.165, 1.54) is 4.90 Å². The van der Waals surface area contributed by atoms with E-state index in [9.17, 15) is 9.59 Å². The highest BCUT2D eigenvalue weighted by molar-refractivity contribution is 9.10. The fraction of sp³-hybridized carbons (Fsp3) is 0.115. The molecule has 0 unspecified atom stereocenters. The van der Waals surface area contributed by atoms with Gasteiger partial charge in [-0.3, -0.25) is 19.8 Å². The second kappa shape index (κ2) is 10.1. The second-order valence-electron chi connectivity index (χ2n) is 7.46. The van der Waals surface area contributed by atoms with Gasteiger partial charge in [0.25, 0.3) is 11.8 Å². The first kappa shape index (κ1) is 22.9. The van der Waals surface area contributed by atoms with Crippen LogP contribution in [0.2, 0.25) is 0 Å². The van der Waals surface area contributed by atoms with E-state index in [0.717, 1.165) is 22.0 Å². The highest BCUT2D eigenvalue weighted by Crippen LogP contribution is 2.23. The number of carbonyl (C=O) groups excluding carboxylic acids is 2. The number of anilines is 1. The van der Waals surface area contributed by atoms with Gasteiger partial charge in [0.15, 0.2) is 5.11 Å². The van der Waals surface area contributed by atoms with Crippen LogP contribution in [0.25, 0.3) is 6.08 Å². The molecular weight excluding hydrogens is 500 g/mol. The van der Waals surface area contributed by atoms with Crippen molar-refractivity contribution < 1.29 is 14.3 Å². The molecule has 1 heterocycles. The molecule has 0 spiro atoms. The van der Waals surface area contributed by atoms with Crippen LogP contribution in [0.3, 0.4) is 0 Å². The highest BCUT2D eigenvalue weighted by Gasteiger charge is 2.34. The van der Waals surface area contributed by atoms with E-state index < -0.39 is 11.8 Å². The molecule has 1 fully saturated rings. The number of nitrogens with one attached hydrogen (secondary N) is 1. The Bertz CT molecular complexity index is 1220. The van der Waals surface area contributed by atoms with Gasteiger partial charge in [-0.15, -0.1) is 0 Å². The average Bonchev–Trinajstić information content (AvgIpc) is 2.82. The van der Waals surface area contributed by atoms with Crippen LogP contribution in [-0.4, -0.2) is 16.9 Å². The van der Waals surface area contributed by atoms with E-state index in [4.69, 9.17) is 17.0 Å². The van der Waals surface area contributed by atoms with Gasteiger partial charge in [-0.05, 0) is 77.8 Å².